The molecule has 4 aromatic rings. The highest BCUT2D eigenvalue weighted by molar-refractivity contribution is 7.91. The number of carbonyl (C=O) groups is 1. The molecule has 216 valence electrons. The molecule has 2 heterocycles. The summed E-state index contributed by atoms with van der Waals surface area (Å²) in [4.78, 5) is 15.5. The fourth-order valence-electron chi connectivity index (χ4n) is 5.94. The number of hydrogen-bond donors (Lipinski definition) is 0. The van der Waals surface area contributed by atoms with Gasteiger partial charge in [0.25, 0.3) is 0 Å². The second-order valence-electron chi connectivity index (χ2n) is 12.0. The molecule has 3 aromatic carbocycles. The van der Waals surface area contributed by atoms with E-state index in [1.165, 1.54) is 0 Å². The van der Waals surface area contributed by atoms with Gasteiger partial charge in [-0.15, -0.1) is 5.10 Å². The number of rotatable bonds is 8. The smallest absolute Gasteiger partial charge is 0.154 e. The summed E-state index contributed by atoms with van der Waals surface area (Å²) in [5.41, 5.74) is 7.68. The van der Waals surface area contributed by atoms with Crippen molar-refractivity contribution in [1.82, 2.24) is 19.9 Å². The first-order chi connectivity index (χ1) is 19.3. The summed E-state index contributed by atoms with van der Waals surface area (Å²) in [5.74, 6) is -0.178. The SMILES string of the molecule is Cc1ccc(C(CC(=O)CS(C)(=O)=O)c2ccc3c(nnn3C)c2C)cc1CN1Cc2ccccc2OC(C)(C)C1. The molecule has 1 aromatic heterocycles. The molecule has 0 saturated heterocycles. The quantitative estimate of drug-likeness (QED) is 0.296. The van der Waals surface area contributed by atoms with Crippen molar-refractivity contribution in [3.63, 3.8) is 0 Å². The van der Waals surface area contributed by atoms with Crippen molar-refractivity contribution in [2.75, 3.05) is 18.6 Å². The van der Waals surface area contributed by atoms with Gasteiger partial charge in [-0.25, -0.2) is 13.1 Å². The first-order valence-electron chi connectivity index (χ1n) is 13.9. The lowest BCUT2D eigenvalue weighted by Crippen LogP contribution is -2.40. The minimum Gasteiger partial charge on any atom is -0.486 e. The summed E-state index contributed by atoms with van der Waals surface area (Å²) >= 11 is 0. The largest absolute Gasteiger partial charge is 0.486 e. The summed E-state index contributed by atoms with van der Waals surface area (Å²) in [6, 6.07) is 18.5. The number of ether oxygens (including phenoxy) is 1. The van der Waals surface area contributed by atoms with Crippen LogP contribution in [0.5, 0.6) is 5.75 Å². The molecule has 1 aliphatic rings. The second-order valence-corrected chi connectivity index (χ2v) is 14.2. The number of para-hydroxylation sites is 1. The second kappa shape index (κ2) is 11.0. The Balaban J connectivity index is 1.53. The standard InChI is InChI=1S/C32H38N4O4S/c1-21-11-12-23(15-25(21)18-36-17-24-9-7-8-10-30(24)40-32(3,4)20-36)28(16-26(37)19-41(6,38)39)27-13-14-29-31(22(27)2)33-34-35(29)5/h7-15,28H,16-20H2,1-6H3. The van der Waals surface area contributed by atoms with E-state index in [0.717, 1.165) is 69.5 Å². The Kier molecular flexibility index (Phi) is 7.78. The van der Waals surface area contributed by atoms with E-state index in [2.05, 4.69) is 60.2 Å². The van der Waals surface area contributed by atoms with Crippen molar-refractivity contribution in [1.29, 1.82) is 0 Å². The van der Waals surface area contributed by atoms with Crippen molar-refractivity contribution in [3.05, 3.63) is 88.0 Å². The Hall–Kier alpha value is -3.56. The third-order valence-electron chi connectivity index (χ3n) is 7.84. The molecule has 0 amide bonds. The van der Waals surface area contributed by atoms with E-state index in [0.29, 0.717) is 6.54 Å². The van der Waals surface area contributed by atoms with Gasteiger partial charge in [-0.1, -0.05) is 47.7 Å². The molecular weight excluding hydrogens is 536 g/mol. The first-order valence-corrected chi connectivity index (χ1v) is 15.9. The molecule has 0 N–H and O–H groups in total. The summed E-state index contributed by atoms with van der Waals surface area (Å²) in [6.07, 6.45) is 1.19. The van der Waals surface area contributed by atoms with Gasteiger partial charge in [0.1, 0.15) is 28.4 Å². The normalized spacial score (nSPS) is 16.1. The van der Waals surface area contributed by atoms with Gasteiger partial charge < -0.3 is 4.74 Å². The van der Waals surface area contributed by atoms with Crippen LogP contribution in [-0.4, -0.2) is 58.2 Å². The molecule has 0 spiro atoms. The molecule has 0 saturated carbocycles. The van der Waals surface area contributed by atoms with Gasteiger partial charge in [-0.05, 0) is 67.6 Å². The van der Waals surface area contributed by atoms with Crippen LogP contribution in [0.4, 0.5) is 0 Å². The van der Waals surface area contributed by atoms with Crippen LogP contribution < -0.4 is 4.74 Å². The van der Waals surface area contributed by atoms with Crippen LogP contribution in [0.3, 0.4) is 0 Å². The van der Waals surface area contributed by atoms with Gasteiger partial charge in [0.15, 0.2) is 9.84 Å². The maximum absolute atomic E-state index is 13.1. The Morgan fingerprint density at radius 2 is 1.85 bits per heavy atom. The molecule has 0 radical (unpaired) electrons. The third-order valence-corrected chi connectivity index (χ3v) is 8.68. The van der Waals surface area contributed by atoms with Crippen molar-refractivity contribution in [3.8, 4) is 5.75 Å². The van der Waals surface area contributed by atoms with Crippen molar-refractivity contribution >= 4 is 26.7 Å². The van der Waals surface area contributed by atoms with Crippen molar-refractivity contribution in [2.45, 2.75) is 58.7 Å². The predicted octanol–water partition coefficient (Wildman–Crippen LogP) is 4.89. The minimum atomic E-state index is -3.44. The number of hydrogen-bond acceptors (Lipinski definition) is 7. The van der Waals surface area contributed by atoms with E-state index < -0.39 is 15.6 Å². The maximum atomic E-state index is 13.1. The highest BCUT2D eigenvalue weighted by Crippen LogP contribution is 2.35. The Bertz CT molecular complexity index is 1730. The molecule has 9 heteroatoms. The van der Waals surface area contributed by atoms with Crippen LogP contribution in [0.25, 0.3) is 11.0 Å². The monoisotopic (exact) mass is 574 g/mol. The van der Waals surface area contributed by atoms with Crippen LogP contribution in [0.1, 0.15) is 59.6 Å². The van der Waals surface area contributed by atoms with E-state index in [-0.39, 0.29) is 23.7 Å². The maximum Gasteiger partial charge on any atom is 0.154 e. The van der Waals surface area contributed by atoms with E-state index in [4.69, 9.17) is 4.74 Å². The predicted molar refractivity (Wildman–Crippen MR) is 161 cm³/mol. The number of carbonyl (C=O) groups excluding carboxylic acids is 1. The Morgan fingerprint density at radius 1 is 1.10 bits per heavy atom. The number of aryl methyl sites for hydroxylation is 3. The molecule has 1 unspecified atom stereocenters. The lowest BCUT2D eigenvalue weighted by atomic mass is 9.83. The van der Waals surface area contributed by atoms with E-state index in [1.807, 2.05) is 44.3 Å². The molecule has 8 nitrogen and oxygen atoms in total. The van der Waals surface area contributed by atoms with Gasteiger partial charge in [-0.3, -0.25) is 9.69 Å². The fraction of sp³-hybridized carbons (Fsp3) is 0.406. The van der Waals surface area contributed by atoms with Gasteiger partial charge in [-0.2, -0.15) is 0 Å². The zero-order chi connectivity index (χ0) is 29.5. The topological polar surface area (TPSA) is 94.4 Å². The van der Waals surface area contributed by atoms with Gasteiger partial charge in [0, 0.05) is 50.8 Å². The summed E-state index contributed by atoms with van der Waals surface area (Å²) in [6.45, 7) is 10.6. The number of sulfone groups is 1. The number of nitrogens with zero attached hydrogens (tertiary/aromatic N) is 4. The number of aromatic nitrogens is 3. The number of benzene rings is 3. The zero-order valence-corrected chi connectivity index (χ0v) is 25.5. The Labute approximate surface area is 242 Å². The lowest BCUT2D eigenvalue weighted by Gasteiger charge is -2.30. The Morgan fingerprint density at radius 3 is 2.61 bits per heavy atom. The minimum absolute atomic E-state index is 0.0835. The molecule has 0 aliphatic carbocycles. The molecule has 1 atom stereocenters. The molecule has 1 aliphatic heterocycles. The lowest BCUT2D eigenvalue weighted by molar-refractivity contribution is -0.116. The number of ketones is 1. The first kappa shape index (κ1) is 29.0. The van der Waals surface area contributed by atoms with Crippen LogP contribution >= 0.6 is 0 Å². The average molecular weight is 575 g/mol. The van der Waals surface area contributed by atoms with Crippen LogP contribution in [-0.2, 0) is 34.8 Å². The van der Waals surface area contributed by atoms with Crippen molar-refractivity contribution < 1.29 is 17.9 Å². The van der Waals surface area contributed by atoms with Crippen LogP contribution in [0.15, 0.2) is 54.6 Å². The number of fused-ring (bicyclic) bond motifs is 2. The molecule has 0 fully saturated rings. The summed E-state index contributed by atoms with van der Waals surface area (Å²) < 4.78 is 32.0. The zero-order valence-electron chi connectivity index (χ0n) is 24.6. The van der Waals surface area contributed by atoms with E-state index in [9.17, 15) is 13.2 Å². The number of Topliss-reactive ketones (excluding diaryl/α,β-unsaturated/α-hetero) is 1. The molecule has 41 heavy (non-hydrogen) atoms. The third kappa shape index (κ3) is 6.52. The highest BCUT2D eigenvalue weighted by Gasteiger charge is 2.30. The summed E-state index contributed by atoms with van der Waals surface area (Å²) in [5, 5.41) is 8.53. The van der Waals surface area contributed by atoms with E-state index >= 15 is 0 Å². The van der Waals surface area contributed by atoms with Gasteiger partial charge in [0.05, 0.1) is 5.52 Å². The highest BCUT2D eigenvalue weighted by atomic mass is 32.2. The van der Waals surface area contributed by atoms with E-state index in [1.54, 1.807) is 4.68 Å². The summed E-state index contributed by atoms with van der Waals surface area (Å²) in [7, 11) is -1.59. The van der Waals surface area contributed by atoms with Gasteiger partial charge >= 0.3 is 0 Å². The van der Waals surface area contributed by atoms with Crippen LogP contribution in [0, 0.1) is 13.8 Å². The molecular formula is C32H38N4O4S. The molecule has 5 rings (SSSR count). The molecule has 0 bridgehead atoms. The van der Waals surface area contributed by atoms with Crippen LogP contribution in [0.2, 0.25) is 0 Å². The fourth-order valence-corrected chi connectivity index (χ4v) is 6.65. The average Bonchev–Trinajstić information content (AvgIpc) is 3.19. The van der Waals surface area contributed by atoms with Gasteiger partial charge in [0.2, 0.25) is 0 Å². The van der Waals surface area contributed by atoms with Crippen molar-refractivity contribution in [2.24, 2.45) is 7.05 Å².